The van der Waals surface area contributed by atoms with Crippen LogP contribution in [0.4, 0.5) is 17.2 Å². The first-order valence-corrected chi connectivity index (χ1v) is 9.37. The van der Waals surface area contributed by atoms with Crippen LogP contribution in [0, 0.1) is 18.3 Å². The van der Waals surface area contributed by atoms with Gasteiger partial charge in [0.05, 0.1) is 27.4 Å². The minimum atomic E-state index is -0.527. The zero-order valence-corrected chi connectivity index (χ0v) is 17.0. The van der Waals surface area contributed by atoms with Gasteiger partial charge in [-0.05, 0) is 36.8 Å². The summed E-state index contributed by atoms with van der Waals surface area (Å²) in [6, 6.07) is 15.7. The van der Waals surface area contributed by atoms with Gasteiger partial charge in [-0.25, -0.2) is 4.98 Å². The summed E-state index contributed by atoms with van der Waals surface area (Å²) < 4.78 is 0. The fraction of sp³-hybridized carbons (Fsp3) is 0.0909. The Morgan fingerprint density at radius 2 is 1.83 bits per heavy atom. The fourth-order valence-electron chi connectivity index (χ4n) is 2.75. The number of nitrogens with one attached hydrogen (secondary N) is 3. The lowest BCUT2D eigenvalue weighted by atomic mass is 10.1. The minimum Gasteiger partial charge on any atom is -0.355 e. The molecule has 0 radical (unpaired) electrons. The Hall–Kier alpha value is -3.89. The molecule has 3 N–H and O–H groups in total. The van der Waals surface area contributed by atoms with Gasteiger partial charge >= 0.3 is 0 Å². The number of rotatable bonds is 5. The molecule has 1 heterocycles. The highest BCUT2D eigenvalue weighted by molar-refractivity contribution is 6.35. The first-order chi connectivity index (χ1) is 14.4. The van der Waals surface area contributed by atoms with Crippen LogP contribution in [0.1, 0.15) is 31.8 Å². The Balaban J connectivity index is 2.00. The van der Waals surface area contributed by atoms with E-state index in [9.17, 15) is 9.59 Å². The van der Waals surface area contributed by atoms with Crippen molar-refractivity contribution in [3.8, 4) is 6.07 Å². The molecule has 0 spiro atoms. The van der Waals surface area contributed by atoms with Crippen LogP contribution >= 0.6 is 11.6 Å². The molecular weight excluding hydrogens is 402 g/mol. The van der Waals surface area contributed by atoms with Crippen molar-refractivity contribution < 1.29 is 9.59 Å². The van der Waals surface area contributed by atoms with Gasteiger partial charge in [-0.1, -0.05) is 35.9 Å². The Bertz CT molecular complexity index is 1170. The zero-order chi connectivity index (χ0) is 21.7. The SMILES string of the molecule is CNC(=O)c1cnc(Nc2ccccc2C)c(NC(=O)c2cccc(C#N)c2Cl)c1. The van der Waals surface area contributed by atoms with Crippen molar-refractivity contribution in [3.05, 3.63) is 82.0 Å². The van der Waals surface area contributed by atoms with E-state index in [-0.39, 0.29) is 27.6 Å². The van der Waals surface area contributed by atoms with Crippen LogP contribution in [0.2, 0.25) is 5.02 Å². The highest BCUT2D eigenvalue weighted by Crippen LogP contribution is 2.28. The number of nitrogens with zero attached hydrogens (tertiary/aromatic N) is 2. The number of halogens is 1. The van der Waals surface area contributed by atoms with Gasteiger partial charge in [0.1, 0.15) is 6.07 Å². The van der Waals surface area contributed by atoms with Crippen molar-refractivity contribution in [2.24, 2.45) is 0 Å². The van der Waals surface area contributed by atoms with E-state index in [1.807, 2.05) is 37.3 Å². The van der Waals surface area contributed by atoms with E-state index in [2.05, 4.69) is 20.9 Å². The van der Waals surface area contributed by atoms with E-state index in [1.54, 1.807) is 6.07 Å². The summed E-state index contributed by atoms with van der Waals surface area (Å²) in [4.78, 5) is 29.2. The molecule has 0 aliphatic carbocycles. The highest BCUT2D eigenvalue weighted by atomic mass is 35.5. The van der Waals surface area contributed by atoms with Crippen molar-refractivity contribution in [2.45, 2.75) is 6.92 Å². The first-order valence-electron chi connectivity index (χ1n) is 8.99. The maximum atomic E-state index is 12.9. The quantitative estimate of drug-likeness (QED) is 0.572. The maximum Gasteiger partial charge on any atom is 0.257 e. The fourth-order valence-corrected chi connectivity index (χ4v) is 3.01. The molecule has 2 aromatic carbocycles. The number of para-hydroxylation sites is 1. The van der Waals surface area contributed by atoms with Crippen LogP contribution < -0.4 is 16.0 Å². The molecule has 3 aromatic rings. The van der Waals surface area contributed by atoms with E-state index >= 15 is 0 Å². The summed E-state index contributed by atoms with van der Waals surface area (Å²) in [5.74, 6) is -0.511. The normalized spacial score (nSPS) is 10.1. The number of aromatic nitrogens is 1. The number of benzene rings is 2. The standard InChI is InChI=1S/C22H18ClN5O2/c1-13-6-3-4-9-17(13)27-20-18(10-15(12-26-20)21(29)25-2)28-22(30)16-8-5-7-14(11-24)19(16)23/h3-10,12H,1-2H3,(H,25,29)(H,26,27)(H,28,30). The van der Waals surface area contributed by atoms with Gasteiger partial charge in [-0.15, -0.1) is 0 Å². The van der Waals surface area contributed by atoms with Gasteiger partial charge in [-0.3, -0.25) is 9.59 Å². The molecule has 0 saturated heterocycles. The number of hydrogen-bond acceptors (Lipinski definition) is 5. The summed E-state index contributed by atoms with van der Waals surface area (Å²) >= 11 is 6.19. The van der Waals surface area contributed by atoms with Crippen LogP contribution in [0.25, 0.3) is 0 Å². The average Bonchev–Trinajstić information content (AvgIpc) is 2.75. The molecular formula is C22H18ClN5O2. The van der Waals surface area contributed by atoms with Crippen molar-refractivity contribution in [1.29, 1.82) is 5.26 Å². The number of aryl methyl sites for hydroxylation is 1. The third-order valence-corrected chi connectivity index (χ3v) is 4.79. The number of anilines is 3. The lowest BCUT2D eigenvalue weighted by molar-refractivity contribution is 0.0961. The molecule has 0 bridgehead atoms. The van der Waals surface area contributed by atoms with Gasteiger partial charge in [0, 0.05) is 18.9 Å². The molecule has 150 valence electrons. The molecule has 0 unspecified atom stereocenters. The predicted molar refractivity (Wildman–Crippen MR) is 116 cm³/mol. The maximum absolute atomic E-state index is 12.9. The lowest BCUT2D eigenvalue weighted by Gasteiger charge is -2.15. The van der Waals surface area contributed by atoms with Crippen LogP contribution in [0.15, 0.2) is 54.7 Å². The van der Waals surface area contributed by atoms with E-state index in [0.29, 0.717) is 11.5 Å². The topological polar surface area (TPSA) is 107 Å². The molecule has 0 aliphatic rings. The minimum absolute atomic E-state index is 0.0568. The van der Waals surface area contributed by atoms with Crippen molar-refractivity contribution in [2.75, 3.05) is 17.7 Å². The Morgan fingerprint density at radius 3 is 2.53 bits per heavy atom. The molecule has 1 aromatic heterocycles. The van der Waals surface area contributed by atoms with Crippen LogP contribution in [-0.4, -0.2) is 23.8 Å². The van der Waals surface area contributed by atoms with Gasteiger partial charge in [0.25, 0.3) is 11.8 Å². The highest BCUT2D eigenvalue weighted by Gasteiger charge is 2.17. The summed E-state index contributed by atoms with van der Waals surface area (Å²) in [6.07, 6.45) is 1.42. The molecule has 3 rings (SSSR count). The van der Waals surface area contributed by atoms with Crippen molar-refractivity contribution >= 4 is 40.6 Å². The number of nitriles is 1. The largest absolute Gasteiger partial charge is 0.355 e. The van der Waals surface area contributed by atoms with Gasteiger partial charge in [0.15, 0.2) is 5.82 Å². The molecule has 8 heteroatoms. The second-order valence-electron chi connectivity index (χ2n) is 6.37. The lowest BCUT2D eigenvalue weighted by Crippen LogP contribution is -2.20. The Labute approximate surface area is 178 Å². The average molecular weight is 420 g/mol. The number of pyridine rings is 1. The van der Waals surface area contributed by atoms with Crippen molar-refractivity contribution in [3.63, 3.8) is 0 Å². The Morgan fingerprint density at radius 1 is 1.07 bits per heavy atom. The molecule has 0 saturated carbocycles. The van der Waals surface area contributed by atoms with E-state index in [0.717, 1.165) is 11.3 Å². The second kappa shape index (κ2) is 9.07. The molecule has 2 amide bonds. The molecule has 0 aliphatic heterocycles. The number of carbonyl (C=O) groups is 2. The van der Waals surface area contributed by atoms with Crippen LogP contribution in [-0.2, 0) is 0 Å². The predicted octanol–water partition coefficient (Wildman–Crippen LogP) is 4.27. The zero-order valence-electron chi connectivity index (χ0n) is 16.3. The summed E-state index contributed by atoms with van der Waals surface area (Å²) in [5, 5.41) is 17.6. The third kappa shape index (κ3) is 4.40. The molecule has 30 heavy (non-hydrogen) atoms. The summed E-state index contributed by atoms with van der Waals surface area (Å²) in [7, 11) is 1.51. The monoisotopic (exact) mass is 419 g/mol. The van der Waals surface area contributed by atoms with Crippen molar-refractivity contribution in [1.82, 2.24) is 10.3 Å². The van der Waals surface area contributed by atoms with E-state index in [4.69, 9.17) is 16.9 Å². The first kappa shape index (κ1) is 20.8. The van der Waals surface area contributed by atoms with Gasteiger partial charge in [-0.2, -0.15) is 5.26 Å². The number of carbonyl (C=O) groups excluding carboxylic acids is 2. The van der Waals surface area contributed by atoms with E-state index in [1.165, 1.54) is 31.4 Å². The smallest absolute Gasteiger partial charge is 0.257 e. The summed E-state index contributed by atoms with van der Waals surface area (Å²) in [6.45, 7) is 1.94. The molecule has 7 nitrogen and oxygen atoms in total. The number of hydrogen-bond donors (Lipinski definition) is 3. The summed E-state index contributed by atoms with van der Waals surface area (Å²) in [5.41, 5.74) is 2.69. The Kier molecular flexibility index (Phi) is 6.30. The van der Waals surface area contributed by atoms with Crippen LogP contribution in [0.3, 0.4) is 0 Å². The second-order valence-corrected chi connectivity index (χ2v) is 6.75. The van der Waals surface area contributed by atoms with Gasteiger partial charge in [0.2, 0.25) is 0 Å². The molecule has 0 atom stereocenters. The van der Waals surface area contributed by atoms with E-state index < -0.39 is 5.91 Å². The third-order valence-electron chi connectivity index (χ3n) is 4.39. The van der Waals surface area contributed by atoms with Gasteiger partial charge < -0.3 is 16.0 Å². The van der Waals surface area contributed by atoms with Crippen LogP contribution in [0.5, 0.6) is 0 Å². The molecule has 0 fully saturated rings. The number of amides is 2.